The summed E-state index contributed by atoms with van der Waals surface area (Å²) >= 11 is 0. The number of non-ortho nitro benzene ring substituents is 1. The zero-order chi connectivity index (χ0) is 12.1. The van der Waals surface area contributed by atoms with E-state index >= 15 is 0 Å². The van der Waals surface area contributed by atoms with E-state index in [0.29, 0.717) is 0 Å². The van der Waals surface area contributed by atoms with Crippen LogP contribution >= 0.6 is 0 Å². The Kier molecular flexibility index (Phi) is 3.93. The summed E-state index contributed by atoms with van der Waals surface area (Å²) in [7, 11) is 0. The molecule has 92 valence electrons. The molecule has 5 nitrogen and oxygen atoms in total. The van der Waals surface area contributed by atoms with Gasteiger partial charge in [-0.05, 0) is 31.9 Å². The Morgan fingerprint density at radius 3 is 2.88 bits per heavy atom. The minimum atomic E-state index is -0.375. The van der Waals surface area contributed by atoms with Gasteiger partial charge in [-0.25, -0.2) is 0 Å². The van der Waals surface area contributed by atoms with Crippen molar-refractivity contribution in [1.29, 1.82) is 0 Å². The van der Waals surface area contributed by atoms with Crippen LogP contribution in [0.25, 0.3) is 0 Å². The molecule has 0 radical (unpaired) electrons. The van der Waals surface area contributed by atoms with E-state index in [4.69, 9.17) is 0 Å². The molecule has 2 rings (SSSR count). The van der Waals surface area contributed by atoms with Gasteiger partial charge in [-0.3, -0.25) is 10.1 Å². The average Bonchev–Trinajstić information content (AvgIpc) is 3.13. The van der Waals surface area contributed by atoms with Gasteiger partial charge < -0.3 is 10.6 Å². The Labute approximate surface area is 100 Å². The lowest BCUT2D eigenvalue weighted by Crippen LogP contribution is -2.19. The third kappa shape index (κ3) is 4.03. The summed E-state index contributed by atoms with van der Waals surface area (Å²) in [6.07, 6.45) is 3.63. The first-order chi connectivity index (χ1) is 8.25. The number of nitro groups is 1. The van der Waals surface area contributed by atoms with Crippen LogP contribution < -0.4 is 10.6 Å². The third-order valence-electron chi connectivity index (χ3n) is 2.75. The molecule has 1 aliphatic carbocycles. The van der Waals surface area contributed by atoms with Gasteiger partial charge in [0.05, 0.1) is 4.92 Å². The molecule has 1 aromatic rings. The highest BCUT2D eigenvalue weighted by Crippen LogP contribution is 2.18. The van der Waals surface area contributed by atoms with Gasteiger partial charge in [0.1, 0.15) is 0 Å². The van der Waals surface area contributed by atoms with Crippen LogP contribution in [0, 0.1) is 10.1 Å². The average molecular weight is 235 g/mol. The van der Waals surface area contributed by atoms with Gasteiger partial charge in [-0.1, -0.05) is 6.07 Å². The van der Waals surface area contributed by atoms with Crippen molar-refractivity contribution in [2.45, 2.75) is 25.3 Å². The summed E-state index contributed by atoms with van der Waals surface area (Å²) in [5.74, 6) is 0. The van der Waals surface area contributed by atoms with Crippen molar-refractivity contribution in [2.24, 2.45) is 0 Å². The van der Waals surface area contributed by atoms with Crippen molar-refractivity contribution in [3.8, 4) is 0 Å². The maximum absolute atomic E-state index is 10.6. The lowest BCUT2D eigenvalue weighted by atomic mass is 10.2. The highest BCUT2D eigenvalue weighted by atomic mass is 16.6. The predicted molar refractivity (Wildman–Crippen MR) is 67.2 cm³/mol. The van der Waals surface area contributed by atoms with Gasteiger partial charge in [-0.2, -0.15) is 0 Å². The zero-order valence-electron chi connectivity index (χ0n) is 9.69. The van der Waals surface area contributed by atoms with Crippen LogP contribution in [0.15, 0.2) is 24.3 Å². The number of hydrogen-bond donors (Lipinski definition) is 2. The van der Waals surface area contributed by atoms with E-state index in [1.807, 2.05) is 6.07 Å². The largest absolute Gasteiger partial charge is 0.385 e. The summed E-state index contributed by atoms with van der Waals surface area (Å²) in [6, 6.07) is 7.35. The zero-order valence-corrected chi connectivity index (χ0v) is 9.69. The molecule has 1 aliphatic rings. The highest BCUT2D eigenvalue weighted by molar-refractivity contribution is 5.50. The van der Waals surface area contributed by atoms with E-state index in [-0.39, 0.29) is 10.6 Å². The van der Waals surface area contributed by atoms with Gasteiger partial charge in [0.2, 0.25) is 0 Å². The van der Waals surface area contributed by atoms with Crippen molar-refractivity contribution < 1.29 is 4.92 Å². The predicted octanol–water partition coefficient (Wildman–Crippen LogP) is 2.15. The third-order valence-corrected chi connectivity index (χ3v) is 2.75. The first-order valence-corrected chi connectivity index (χ1v) is 5.97. The van der Waals surface area contributed by atoms with E-state index in [2.05, 4.69) is 10.6 Å². The second-order valence-corrected chi connectivity index (χ2v) is 4.32. The molecule has 0 atom stereocenters. The van der Waals surface area contributed by atoms with Crippen molar-refractivity contribution in [1.82, 2.24) is 5.32 Å². The van der Waals surface area contributed by atoms with Crippen LogP contribution in [0.1, 0.15) is 19.3 Å². The minimum Gasteiger partial charge on any atom is -0.385 e. The van der Waals surface area contributed by atoms with Crippen LogP contribution in [-0.2, 0) is 0 Å². The van der Waals surface area contributed by atoms with E-state index in [1.165, 1.54) is 18.9 Å². The molecule has 0 spiro atoms. The number of nitrogens with one attached hydrogen (secondary N) is 2. The Morgan fingerprint density at radius 2 is 2.18 bits per heavy atom. The maximum atomic E-state index is 10.6. The van der Waals surface area contributed by atoms with Crippen LogP contribution in [0.5, 0.6) is 0 Å². The first-order valence-electron chi connectivity index (χ1n) is 5.97. The van der Waals surface area contributed by atoms with Gasteiger partial charge in [0.25, 0.3) is 5.69 Å². The lowest BCUT2D eigenvalue weighted by Gasteiger charge is -2.06. The summed E-state index contributed by atoms with van der Waals surface area (Å²) in [6.45, 7) is 1.84. The van der Waals surface area contributed by atoms with Crippen molar-refractivity contribution in [3.05, 3.63) is 34.4 Å². The molecule has 1 fully saturated rings. The van der Waals surface area contributed by atoms with Crippen LogP contribution in [0.4, 0.5) is 11.4 Å². The smallest absolute Gasteiger partial charge is 0.271 e. The number of hydrogen-bond acceptors (Lipinski definition) is 4. The van der Waals surface area contributed by atoms with E-state index in [0.717, 1.165) is 31.2 Å². The molecule has 0 aromatic heterocycles. The fourth-order valence-electron chi connectivity index (χ4n) is 1.64. The molecule has 0 aliphatic heterocycles. The molecule has 17 heavy (non-hydrogen) atoms. The van der Waals surface area contributed by atoms with Gasteiger partial charge >= 0.3 is 0 Å². The van der Waals surface area contributed by atoms with Crippen molar-refractivity contribution in [3.63, 3.8) is 0 Å². The minimum absolute atomic E-state index is 0.131. The van der Waals surface area contributed by atoms with Crippen LogP contribution in [0.2, 0.25) is 0 Å². The molecule has 0 bridgehead atoms. The fourth-order valence-corrected chi connectivity index (χ4v) is 1.64. The second-order valence-electron chi connectivity index (χ2n) is 4.32. The summed E-state index contributed by atoms with van der Waals surface area (Å²) in [4.78, 5) is 10.2. The molecule has 0 saturated heterocycles. The second kappa shape index (κ2) is 5.63. The molecular formula is C12H17N3O2. The molecule has 0 heterocycles. The van der Waals surface area contributed by atoms with Crippen LogP contribution in [0.3, 0.4) is 0 Å². The molecule has 1 aromatic carbocycles. The maximum Gasteiger partial charge on any atom is 0.271 e. The highest BCUT2D eigenvalue weighted by Gasteiger charge is 2.19. The Bertz CT molecular complexity index is 391. The fraction of sp³-hybridized carbons (Fsp3) is 0.500. The first kappa shape index (κ1) is 11.9. The molecular weight excluding hydrogens is 218 g/mol. The Morgan fingerprint density at radius 1 is 1.35 bits per heavy atom. The monoisotopic (exact) mass is 235 g/mol. The number of rotatable bonds is 7. The number of benzene rings is 1. The Hall–Kier alpha value is -1.62. The quantitative estimate of drug-likeness (QED) is 0.431. The topological polar surface area (TPSA) is 67.2 Å². The standard InChI is InChI=1S/C12H17N3O2/c16-15(17)12-4-1-3-11(9-12)14-8-2-7-13-10-5-6-10/h1,3-4,9-10,13-14H,2,5-8H2. The van der Waals surface area contributed by atoms with Gasteiger partial charge in [-0.15, -0.1) is 0 Å². The van der Waals surface area contributed by atoms with E-state index in [9.17, 15) is 10.1 Å². The lowest BCUT2D eigenvalue weighted by molar-refractivity contribution is -0.384. The molecule has 5 heteroatoms. The molecule has 1 saturated carbocycles. The molecule has 2 N–H and O–H groups in total. The SMILES string of the molecule is O=[N+]([O-])c1cccc(NCCCNC2CC2)c1. The van der Waals surface area contributed by atoms with Gasteiger partial charge in [0.15, 0.2) is 0 Å². The van der Waals surface area contributed by atoms with Crippen molar-refractivity contribution >= 4 is 11.4 Å². The molecule has 0 amide bonds. The van der Waals surface area contributed by atoms with E-state index < -0.39 is 0 Å². The van der Waals surface area contributed by atoms with Crippen molar-refractivity contribution in [2.75, 3.05) is 18.4 Å². The molecule has 0 unspecified atom stereocenters. The van der Waals surface area contributed by atoms with E-state index in [1.54, 1.807) is 12.1 Å². The Balaban J connectivity index is 1.70. The van der Waals surface area contributed by atoms with Crippen LogP contribution in [-0.4, -0.2) is 24.1 Å². The number of anilines is 1. The van der Waals surface area contributed by atoms with Gasteiger partial charge in [0, 0.05) is 30.4 Å². The summed E-state index contributed by atoms with van der Waals surface area (Å²) in [5.41, 5.74) is 0.941. The summed E-state index contributed by atoms with van der Waals surface area (Å²) < 4.78 is 0. The number of nitro benzene ring substituents is 1. The normalized spacial score (nSPS) is 14.6. The number of nitrogens with zero attached hydrogens (tertiary/aromatic N) is 1. The summed E-state index contributed by atoms with van der Waals surface area (Å²) in [5, 5.41) is 17.2.